The van der Waals surface area contributed by atoms with Gasteiger partial charge in [-0.1, -0.05) is 45.4 Å². The maximum Gasteiger partial charge on any atom is 0.416 e. The Morgan fingerprint density at radius 2 is 1.56 bits per heavy atom. The molecule has 1 atom stereocenters. The summed E-state index contributed by atoms with van der Waals surface area (Å²) in [6.07, 6.45) is -2.01. The summed E-state index contributed by atoms with van der Waals surface area (Å²) >= 11 is 1.48. The van der Waals surface area contributed by atoms with Crippen LogP contribution < -0.4 is 0 Å². The van der Waals surface area contributed by atoms with Gasteiger partial charge in [0.05, 0.1) is 11.1 Å². The van der Waals surface area contributed by atoms with Gasteiger partial charge in [0.1, 0.15) is 5.76 Å². The number of rotatable bonds is 7. The molecular weight excluding hydrogens is 457 g/mol. The van der Waals surface area contributed by atoms with E-state index in [0.29, 0.717) is 24.2 Å². The van der Waals surface area contributed by atoms with Crippen molar-refractivity contribution in [2.24, 2.45) is 11.3 Å². The fraction of sp³-hybridized carbons (Fsp3) is 0.464. The van der Waals surface area contributed by atoms with E-state index in [0.717, 1.165) is 52.1 Å². The van der Waals surface area contributed by atoms with Crippen molar-refractivity contribution >= 4 is 23.1 Å². The number of hydrogen-bond donors (Lipinski definition) is 1. The minimum Gasteiger partial charge on any atom is -0.512 e. The van der Waals surface area contributed by atoms with Gasteiger partial charge in [-0.15, -0.1) is 11.8 Å². The SMILES string of the molecule is CCc1cc(C)cc(CC)c1C1=C(O)CC(C(C)(C)CSc2ccc(C(F)(F)F)cc2)CC1=O. The van der Waals surface area contributed by atoms with E-state index >= 15 is 0 Å². The molecule has 0 radical (unpaired) electrons. The van der Waals surface area contributed by atoms with Crippen molar-refractivity contribution in [2.75, 3.05) is 5.75 Å². The molecule has 0 bridgehead atoms. The van der Waals surface area contributed by atoms with E-state index in [4.69, 9.17) is 0 Å². The first kappa shape index (κ1) is 26.4. The smallest absolute Gasteiger partial charge is 0.416 e. The first-order valence-corrected chi connectivity index (χ1v) is 12.7. The summed E-state index contributed by atoms with van der Waals surface area (Å²) in [5.74, 6) is 0.701. The molecule has 3 rings (SSSR count). The number of carbonyl (C=O) groups is 1. The van der Waals surface area contributed by atoms with Gasteiger partial charge in [0.2, 0.25) is 0 Å². The summed E-state index contributed by atoms with van der Waals surface area (Å²) in [7, 11) is 0. The molecule has 0 saturated carbocycles. The van der Waals surface area contributed by atoms with Crippen molar-refractivity contribution in [3.05, 3.63) is 70.0 Å². The third-order valence-corrected chi connectivity index (χ3v) is 8.29. The highest BCUT2D eigenvalue weighted by Gasteiger charge is 2.38. The average molecular weight is 491 g/mol. The third-order valence-electron chi connectivity index (χ3n) is 6.79. The molecule has 0 heterocycles. The van der Waals surface area contributed by atoms with Gasteiger partial charge in [-0.25, -0.2) is 0 Å². The quantitative estimate of drug-likeness (QED) is 0.397. The average Bonchev–Trinajstić information content (AvgIpc) is 2.77. The molecule has 184 valence electrons. The highest BCUT2D eigenvalue weighted by molar-refractivity contribution is 7.99. The Balaban J connectivity index is 1.81. The number of hydrogen-bond acceptors (Lipinski definition) is 3. The van der Waals surface area contributed by atoms with Gasteiger partial charge >= 0.3 is 6.18 Å². The summed E-state index contributed by atoms with van der Waals surface area (Å²) < 4.78 is 38.4. The molecule has 0 aliphatic heterocycles. The second-order valence-corrected chi connectivity index (χ2v) is 10.9. The number of allylic oxidation sites excluding steroid dienone is 2. The van der Waals surface area contributed by atoms with Crippen LogP contribution in [0.25, 0.3) is 5.57 Å². The summed E-state index contributed by atoms with van der Waals surface area (Å²) in [4.78, 5) is 14.1. The van der Waals surface area contributed by atoms with Gasteiger partial charge in [0.15, 0.2) is 5.78 Å². The van der Waals surface area contributed by atoms with Crippen LogP contribution in [-0.4, -0.2) is 16.6 Å². The summed E-state index contributed by atoms with van der Waals surface area (Å²) in [5.41, 5.74) is 3.73. The third kappa shape index (κ3) is 5.70. The lowest BCUT2D eigenvalue weighted by Gasteiger charge is -2.37. The minimum absolute atomic E-state index is 0.0328. The molecule has 0 amide bonds. The second-order valence-electron chi connectivity index (χ2n) is 9.81. The van der Waals surface area contributed by atoms with Gasteiger partial charge in [-0.05, 0) is 72.1 Å². The van der Waals surface area contributed by atoms with Crippen LogP contribution in [-0.2, 0) is 23.8 Å². The molecule has 0 spiro atoms. The van der Waals surface area contributed by atoms with Crippen molar-refractivity contribution in [2.45, 2.75) is 71.4 Å². The summed E-state index contributed by atoms with van der Waals surface area (Å²) in [6.45, 7) is 10.3. The number of aryl methyl sites for hydroxylation is 3. The molecule has 0 fully saturated rings. The van der Waals surface area contributed by atoms with Crippen molar-refractivity contribution in [1.82, 2.24) is 0 Å². The summed E-state index contributed by atoms with van der Waals surface area (Å²) in [6, 6.07) is 9.36. The van der Waals surface area contributed by atoms with Crippen molar-refractivity contribution in [3.63, 3.8) is 0 Å². The number of ketones is 1. The molecule has 1 aliphatic carbocycles. The van der Waals surface area contributed by atoms with Crippen molar-refractivity contribution < 1.29 is 23.1 Å². The standard InChI is InChI=1S/C28H33F3O2S/c1-6-18-12-17(3)13-19(7-2)25(18)26-23(32)14-21(15-24(26)33)27(4,5)16-34-22-10-8-20(9-11-22)28(29,30)31/h8-13,21,32H,6-7,14-16H2,1-5H3. The van der Waals surface area contributed by atoms with Gasteiger partial charge in [-0.3, -0.25) is 4.79 Å². The van der Waals surface area contributed by atoms with E-state index in [9.17, 15) is 23.1 Å². The number of carbonyl (C=O) groups excluding carboxylic acids is 1. The van der Waals surface area contributed by atoms with E-state index in [1.54, 1.807) is 0 Å². The molecule has 1 N–H and O–H groups in total. The van der Waals surface area contributed by atoms with E-state index in [2.05, 4.69) is 39.8 Å². The second kappa shape index (κ2) is 10.2. The molecule has 1 aliphatic rings. The lowest BCUT2D eigenvalue weighted by atomic mass is 9.70. The predicted octanol–water partition coefficient (Wildman–Crippen LogP) is 8.21. The molecule has 1 unspecified atom stereocenters. The van der Waals surface area contributed by atoms with Crippen LogP contribution in [0.5, 0.6) is 0 Å². The van der Waals surface area contributed by atoms with Crippen LogP contribution in [0.2, 0.25) is 0 Å². The maximum atomic E-state index is 13.4. The predicted molar refractivity (Wildman–Crippen MR) is 133 cm³/mol. The molecular formula is C28H33F3O2S. The number of aliphatic hydroxyl groups excluding tert-OH is 1. The Kier molecular flexibility index (Phi) is 7.91. The highest BCUT2D eigenvalue weighted by Crippen LogP contribution is 2.45. The van der Waals surface area contributed by atoms with E-state index in [1.807, 2.05) is 6.92 Å². The Bertz CT molecular complexity index is 1060. The molecule has 6 heteroatoms. The van der Waals surface area contributed by atoms with Crippen LogP contribution in [0.3, 0.4) is 0 Å². The van der Waals surface area contributed by atoms with Gasteiger partial charge < -0.3 is 5.11 Å². The monoisotopic (exact) mass is 490 g/mol. The molecule has 34 heavy (non-hydrogen) atoms. The van der Waals surface area contributed by atoms with Crippen molar-refractivity contribution in [3.8, 4) is 0 Å². The van der Waals surface area contributed by atoms with Crippen LogP contribution >= 0.6 is 11.8 Å². The number of alkyl halides is 3. The number of Topliss-reactive ketones (excluding diaryl/α,β-unsaturated/α-hetero) is 1. The number of aliphatic hydroxyl groups is 1. The van der Waals surface area contributed by atoms with E-state index in [-0.39, 0.29) is 22.9 Å². The van der Waals surface area contributed by atoms with Crippen LogP contribution in [0.1, 0.15) is 68.4 Å². The van der Waals surface area contributed by atoms with Gasteiger partial charge in [0.25, 0.3) is 0 Å². The zero-order valence-electron chi connectivity index (χ0n) is 20.5. The topological polar surface area (TPSA) is 37.3 Å². The normalized spacial score (nSPS) is 17.4. The first-order chi connectivity index (χ1) is 15.9. The number of thioether (sulfide) groups is 1. The van der Waals surface area contributed by atoms with Crippen LogP contribution in [0.4, 0.5) is 13.2 Å². The lowest BCUT2D eigenvalue weighted by molar-refractivity contribution is -0.137. The summed E-state index contributed by atoms with van der Waals surface area (Å²) in [5, 5.41) is 11.1. The van der Waals surface area contributed by atoms with Crippen LogP contribution in [0.15, 0.2) is 47.1 Å². The molecule has 2 aromatic rings. The van der Waals surface area contributed by atoms with Gasteiger partial charge in [0, 0.05) is 23.5 Å². The van der Waals surface area contributed by atoms with Crippen LogP contribution in [0, 0.1) is 18.3 Å². The first-order valence-electron chi connectivity index (χ1n) is 11.8. The maximum absolute atomic E-state index is 13.4. The zero-order valence-corrected chi connectivity index (χ0v) is 21.3. The molecule has 2 aromatic carbocycles. The van der Waals surface area contributed by atoms with Crippen molar-refractivity contribution in [1.29, 1.82) is 0 Å². The Morgan fingerprint density at radius 1 is 1.00 bits per heavy atom. The molecule has 0 aromatic heterocycles. The molecule has 2 nitrogen and oxygen atoms in total. The van der Waals surface area contributed by atoms with E-state index in [1.165, 1.54) is 23.9 Å². The largest absolute Gasteiger partial charge is 0.512 e. The Hall–Kier alpha value is -2.21. The lowest BCUT2D eigenvalue weighted by Crippen LogP contribution is -2.33. The molecule has 0 saturated heterocycles. The highest BCUT2D eigenvalue weighted by atomic mass is 32.2. The fourth-order valence-corrected chi connectivity index (χ4v) is 5.78. The Morgan fingerprint density at radius 3 is 2.03 bits per heavy atom. The number of halogens is 3. The zero-order chi connectivity index (χ0) is 25.3. The number of benzene rings is 2. The van der Waals surface area contributed by atoms with E-state index < -0.39 is 11.7 Å². The van der Waals surface area contributed by atoms with Gasteiger partial charge in [-0.2, -0.15) is 13.2 Å². The fourth-order valence-electron chi connectivity index (χ4n) is 4.68. The Labute approximate surface area is 204 Å². The minimum atomic E-state index is -4.35.